The molecule has 0 saturated carbocycles. The molecule has 0 spiro atoms. The van der Waals surface area contributed by atoms with Gasteiger partial charge in [-0.2, -0.15) is 0 Å². The normalized spacial score (nSPS) is 15.2. The summed E-state index contributed by atoms with van der Waals surface area (Å²) < 4.78 is 10.6. The van der Waals surface area contributed by atoms with Gasteiger partial charge in [-0.15, -0.1) is 0 Å². The largest absolute Gasteiger partial charge is 0.454 e. The standard InChI is InChI=1S/C20H19N3O4/c1-13-3-2-4-15(9-13)23-19(24)8-6-16(22-23)20(25)21-11-14-5-7-17-18(10-14)27-12-26-17/h2-7,9-10,22H,8,11-12H2,1H3,(H,21,25). The first-order valence-corrected chi connectivity index (χ1v) is 8.63. The summed E-state index contributed by atoms with van der Waals surface area (Å²) in [5.74, 6) is 0.979. The van der Waals surface area contributed by atoms with Gasteiger partial charge < -0.3 is 14.8 Å². The summed E-state index contributed by atoms with van der Waals surface area (Å²) in [6.45, 7) is 2.50. The lowest BCUT2D eigenvalue weighted by atomic mass is 10.2. The second kappa shape index (κ2) is 7.03. The highest BCUT2D eigenvalue weighted by Gasteiger charge is 2.24. The first kappa shape index (κ1) is 17.0. The van der Waals surface area contributed by atoms with Crippen molar-refractivity contribution < 1.29 is 19.1 Å². The van der Waals surface area contributed by atoms with E-state index in [0.29, 0.717) is 29.4 Å². The zero-order valence-corrected chi connectivity index (χ0v) is 14.8. The summed E-state index contributed by atoms with van der Waals surface area (Å²) in [6.07, 6.45) is 1.76. The molecule has 27 heavy (non-hydrogen) atoms. The third-order valence-corrected chi connectivity index (χ3v) is 4.36. The molecule has 0 radical (unpaired) electrons. The van der Waals surface area contributed by atoms with E-state index in [9.17, 15) is 9.59 Å². The zero-order valence-electron chi connectivity index (χ0n) is 14.8. The predicted molar refractivity (Wildman–Crippen MR) is 98.9 cm³/mol. The Morgan fingerprint density at radius 1 is 1.19 bits per heavy atom. The predicted octanol–water partition coefficient (Wildman–Crippen LogP) is 2.17. The SMILES string of the molecule is Cc1cccc(N2NC(C(=O)NCc3ccc4c(c3)OCO4)=CCC2=O)c1. The van der Waals surface area contributed by atoms with Gasteiger partial charge >= 0.3 is 0 Å². The molecule has 138 valence electrons. The number of fused-ring (bicyclic) bond motifs is 1. The Labute approximate surface area is 156 Å². The highest BCUT2D eigenvalue weighted by molar-refractivity contribution is 6.01. The number of carbonyl (C=O) groups is 2. The molecule has 4 rings (SSSR count). The van der Waals surface area contributed by atoms with Gasteiger partial charge in [0.05, 0.1) is 5.69 Å². The maximum absolute atomic E-state index is 12.5. The fourth-order valence-electron chi connectivity index (χ4n) is 2.96. The summed E-state index contributed by atoms with van der Waals surface area (Å²) in [7, 11) is 0. The van der Waals surface area contributed by atoms with Crippen molar-refractivity contribution in [1.82, 2.24) is 10.7 Å². The van der Waals surface area contributed by atoms with E-state index in [1.54, 1.807) is 6.08 Å². The Kier molecular flexibility index (Phi) is 4.42. The average molecular weight is 365 g/mol. The Bertz CT molecular complexity index is 939. The first-order chi connectivity index (χ1) is 13.1. The summed E-state index contributed by atoms with van der Waals surface area (Å²) in [4.78, 5) is 24.7. The molecular formula is C20H19N3O4. The molecule has 0 saturated heterocycles. The molecule has 0 unspecified atom stereocenters. The topological polar surface area (TPSA) is 79.9 Å². The monoisotopic (exact) mass is 365 g/mol. The van der Waals surface area contributed by atoms with Crippen LogP contribution >= 0.6 is 0 Å². The number of carbonyl (C=O) groups excluding carboxylic acids is 2. The van der Waals surface area contributed by atoms with Crippen molar-refractivity contribution in [3.8, 4) is 11.5 Å². The summed E-state index contributed by atoms with van der Waals surface area (Å²) in [5.41, 5.74) is 5.89. The molecule has 2 heterocycles. The van der Waals surface area contributed by atoms with Crippen molar-refractivity contribution in [3.63, 3.8) is 0 Å². The van der Waals surface area contributed by atoms with Crippen LogP contribution in [0.3, 0.4) is 0 Å². The van der Waals surface area contributed by atoms with Crippen LogP contribution in [-0.2, 0) is 16.1 Å². The lowest BCUT2D eigenvalue weighted by Gasteiger charge is -2.28. The van der Waals surface area contributed by atoms with Gasteiger partial charge in [0, 0.05) is 13.0 Å². The van der Waals surface area contributed by atoms with Gasteiger partial charge in [0.2, 0.25) is 12.7 Å². The van der Waals surface area contributed by atoms with Gasteiger partial charge in [-0.25, -0.2) is 5.01 Å². The van der Waals surface area contributed by atoms with Gasteiger partial charge in [-0.05, 0) is 48.4 Å². The van der Waals surface area contributed by atoms with E-state index in [2.05, 4.69) is 10.7 Å². The molecule has 0 aliphatic carbocycles. The van der Waals surface area contributed by atoms with Crippen LogP contribution < -0.4 is 25.2 Å². The fourth-order valence-corrected chi connectivity index (χ4v) is 2.96. The van der Waals surface area contributed by atoms with Crippen molar-refractivity contribution >= 4 is 17.5 Å². The smallest absolute Gasteiger partial charge is 0.269 e. The van der Waals surface area contributed by atoms with Crippen LogP contribution in [0.15, 0.2) is 54.2 Å². The average Bonchev–Trinajstić information content (AvgIpc) is 3.14. The number of hydrogen-bond acceptors (Lipinski definition) is 5. The van der Waals surface area contributed by atoms with E-state index >= 15 is 0 Å². The number of ether oxygens (including phenoxy) is 2. The molecule has 0 atom stereocenters. The summed E-state index contributed by atoms with van der Waals surface area (Å²) in [5, 5.41) is 4.26. The van der Waals surface area contributed by atoms with Crippen molar-refractivity contribution in [2.24, 2.45) is 0 Å². The molecule has 7 nitrogen and oxygen atoms in total. The minimum atomic E-state index is -0.280. The highest BCUT2D eigenvalue weighted by atomic mass is 16.7. The van der Waals surface area contributed by atoms with E-state index < -0.39 is 0 Å². The maximum atomic E-state index is 12.5. The van der Waals surface area contributed by atoms with Crippen LogP contribution in [-0.4, -0.2) is 18.6 Å². The van der Waals surface area contributed by atoms with Crippen molar-refractivity contribution in [2.75, 3.05) is 11.8 Å². The Morgan fingerprint density at radius 3 is 2.89 bits per heavy atom. The molecule has 7 heteroatoms. The first-order valence-electron chi connectivity index (χ1n) is 8.63. The van der Waals surface area contributed by atoms with E-state index in [1.807, 2.05) is 49.4 Å². The fraction of sp³-hybridized carbons (Fsp3) is 0.200. The van der Waals surface area contributed by atoms with Gasteiger partial charge in [0.25, 0.3) is 5.91 Å². The molecular weight excluding hydrogens is 346 g/mol. The second-order valence-electron chi connectivity index (χ2n) is 6.37. The number of anilines is 1. The van der Waals surface area contributed by atoms with Crippen LogP contribution in [0, 0.1) is 6.92 Å². The third kappa shape index (κ3) is 3.57. The Hall–Kier alpha value is -3.48. The molecule has 2 aromatic carbocycles. The van der Waals surface area contributed by atoms with E-state index in [1.165, 1.54) is 5.01 Å². The minimum Gasteiger partial charge on any atom is -0.454 e. The summed E-state index contributed by atoms with van der Waals surface area (Å²) in [6, 6.07) is 13.1. The van der Waals surface area contributed by atoms with Gasteiger partial charge in [0.1, 0.15) is 5.70 Å². The number of amides is 2. The van der Waals surface area contributed by atoms with Gasteiger partial charge in [0.15, 0.2) is 11.5 Å². The maximum Gasteiger partial charge on any atom is 0.269 e. The van der Waals surface area contributed by atoms with Crippen LogP contribution in [0.25, 0.3) is 0 Å². The molecule has 0 fully saturated rings. The van der Waals surface area contributed by atoms with Crippen LogP contribution in [0.1, 0.15) is 17.5 Å². The molecule has 2 aliphatic rings. The van der Waals surface area contributed by atoms with Crippen molar-refractivity contribution in [2.45, 2.75) is 19.9 Å². The van der Waals surface area contributed by atoms with E-state index in [4.69, 9.17) is 9.47 Å². The van der Waals surface area contributed by atoms with Crippen molar-refractivity contribution in [3.05, 3.63) is 65.4 Å². The molecule has 0 bridgehead atoms. The highest BCUT2D eigenvalue weighted by Crippen LogP contribution is 2.32. The van der Waals surface area contributed by atoms with Gasteiger partial charge in [-0.3, -0.25) is 15.0 Å². The third-order valence-electron chi connectivity index (χ3n) is 4.36. The van der Waals surface area contributed by atoms with Crippen molar-refractivity contribution in [1.29, 1.82) is 0 Å². The second-order valence-corrected chi connectivity index (χ2v) is 6.37. The number of nitrogens with one attached hydrogen (secondary N) is 2. The lowest BCUT2D eigenvalue weighted by Crippen LogP contribution is -2.48. The zero-order chi connectivity index (χ0) is 18.8. The van der Waals surface area contributed by atoms with Crippen LogP contribution in [0.5, 0.6) is 11.5 Å². The lowest BCUT2D eigenvalue weighted by molar-refractivity contribution is -0.120. The summed E-state index contributed by atoms with van der Waals surface area (Å²) >= 11 is 0. The molecule has 2 aromatic rings. The van der Waals surface area contributed by atoms with Gasteiger partial charge in [-0.1, -0.05) is 18.2 Å². The molecule has 2 amide bonds. The number of hydrazine groups is 1. The van der Waals surface area contributed by atoms with E-state index in [0.717, 1.165) is 11.1 Å². The minimum absolute atomic E-state index is 0.118. The number of benzene rings is 2. The molecule has 2 N–H and O–H groups in total. The number of rotatable bonds is 4. The number of nitrogens with zero attached hydrogens (tertiary/aromatic N) is 1. The molecule has 2 aliphatic heterocycles. The Morgan fingerprint density at radius 2 is 2.04 bits per heavy atom. The quantitative estimate of drug-likeness (QED) is 0.868. The Balaban J connectivity index is 1.42. The molecule has 0 aromatic heterocycles. The van der Waals surface area contributed by atoms with Crippen LogP contribution in [0.4, 0.5) is 5.69 Å². The number of aryl methyl sites for hydroxylation is 1. The van der Waals surface area contributed by atoms with E-state index in [-0.39, 0.29) is 25.0 Å². The number of hydrogen-bond donors (Lipinski definition) is 2. The van der Waals surface area contributed by atoms with Crippen LogP contribution in [0.2, 0.25) is 0 Å².